The van der Waals surface area contributed by atoms with Crippen LogP contribution in [0, 0.1) is 25.2 Å². The lowest BCUT2D eigenvalue weighted by molar-refractivity contribution is -0.117. The van der Waals surface area contributed by atoms with Crippen molar-refractivity contribution < 1.29 is 9.59 Å². The second-order valence-electron chi connectivity index (χ2n) is 8.08. The molecule has 1 aliphatic heterocycles. The number of amides is 2. The molecule has 1 saturated heterocycles. The van der Waals surface area contributed by atoms with E-state index in [4.69, 9.17) is 23.2 Å². The lowest BCUT2D eigenvalue weighted by atomic mass is 10.1. The Hall–Kier alpha value is -3.24. The van der Waals surface area contributed by atoms with Gasteiger partial charge < -0.3 is 5.32 Å². The van der Waals surface area contributed by atoms with Crippen LogP contribution in [0.2, 0.25) is 10.0 Å². The van der Waals surface area contributed by atoms with E-state index in [0.717, 1.165) is 16.7 Å². The fourth-order valence-corrected chi connectivity index (χ4v) is 5.50. The van der Waals surface area contributed by atoms with E-state index in [-0.39, 0.29) is 11.5 Å². The average Bonchev–Trinajstić information content (AvgIpc) is 3.15. The van der Waals surface area contributed by atoms with Crippen LogP contribution in [-0.4, -0.2) is 17.1 Å². The van der Waals surface area contributed by atoms with Gasteiger partial charge in [-0.05, 0) is 61.2 Å². The molecule has 3 aromatic carbocycles. The van der Waals surface area contributed by atoms with Gasteiger partial charge in [0.1, 0.15) is 16.7 Å². The first-order chi connectivity index (χ1) is 16.8. The van der Waals surface area contributed by atoms with Gasteiger partial charge in [0.15, 0.2) is 0 Å². The molecule has 8 heteroatoms. The summed E-state index contributed by atoms with van der Waals surface area (Å²) in [5.41, 5.74) is 3.72. The van der Waals surface area contributed by atoms with E-state index >= 15 is 0 Å². The van der Waals surface area contributed by atoms with Crippen LogP contribution in [0.3, 0.4) is 0 Å². The molecule has 35 heavy (non-hydrogen) atoms. The molecular formula is C27H21Cl2N3O2S. The zero-order valence-electron chi connectivity index (χ0n) is 19.0. The number of nitrogens with one attached hydrogen (secondary N) is 1. The third-order valence-electron chi connectivity index (χ3n) is 5.64. The monoisotopic (exact) mass is 521 g/mol. The maximum absolute atomic E-state index is 13.6. The van der Waals surface area contributed by atoms with Crippen molar-refractivity contribution in [3.8, 4) is 6.07 Å². The summed E-state index contributed by atoms with van der Waals surface area (Å²) in [5, 5.41) is 13.5. The average molecular weight is 522 g/mol. The highest BCUT2D eigenvalue weighted by molar-refractivity contribution is 8.05. The van der Waals surface area contributed by atoms with Gasteiger partial charge in [-0.3, -0.25) is 14.5 Å². The third-order valence-corrected chi connectivity index (χ3v) is 7.65. The van der Waals surface area contributed by atoms with Crippen molar-refractivity contribution in [1.82, 2.24) is 0 Å². The van der Waals surface area contributed by atoms with E-state index in [0.29, 0.717) is 32.9 Å². The molecule has 2 amide bonds. The van der Waals surface area contributed by atoms with Gasteiger partial charge >= 0.3 is 0 Å². The van der Waals surface area contributed by atoms with Crippen molar-refractivity contribution >= 4 is 58.2 Å². The predicted octanol–water partition coefficient (Wildman–Crippen LogP) is 6.68. The van der Waals surface area contributed by atoms with Crippen LogP contribution in [0.25, 0.3) is 0 Å². The smallest absolute Gasteiger partial charge is 0.269 e. The van der Waals surface area contributed by atoms with Crippen molar-refractivity contribution in [2.24, 2.45) is 0 Å². The van der Waals surface area contributed by atoms with Crippen LogP contribution in [0.1, 0.15) is 16.7 Å². The number of carbonyl (C=O) groups is 2. The molecule has 1 aliphatic rings. The van der Waals surface area contributed by atoms with E-state index in [2.05, 4.69) is 5.32 Å². The molecule has 1 heterocycles. The number of halogens is 2. The Balaban J connectivity index is 1.74. The van der Waals surface area contributed by atoms with Crippen molar-refractivity contribution in [1.29, 1.82) is 5.26 Å². The summed E-state index contributed by atoms with van der Waals surface area (Å²) < 4.78 is 0. The van der Waals surface area contributed by atoms with E-state index in [1.165, 1.54) is 16.7 Å². The fourth-order valence-electron chi connectivity index (χ4n) is 3.87. The summed E-state index contributed by atoms with van der Waals surface area (Å²) in [6.07, 6.45) is 0.366. The minimum absolute atomic E-state index is 0.119. The van der Waals surface area contributed by atoms with Crippen molar-refractivity contribution in [2.75, 3.05) is 10.2 Å². The summed E-state index contributed by atoms with van der Waals surface area (Å²) in [5.74, 6) is -0.772. The molecule has 1 fully saturated rings. The Kier molecular flexibility index (Phi) is 7.51. The predicted molar refractivity (Wildman–Crippen MR) is 143 cm³/mol. The van der Waals surface area contributed by atoms with Crippen LogP contribution < -0.4 is 10.2 Å². The molecule has 1 atom stereocenters. The van der Waals surface area contributed by atoms with Gasteiger partial charge in [-0.15, -0.1) is 0 Å². The number of anilines is 2. The van der Waals surface area contributed by atoms with Gasteiger partial charge in [0.2, 0.25) is 5.91 Å². The molecule has 1 N–H and O–H groups in total. The molecule has 4 rings (SSSR count). The highest BCUT2D eigenvalue weighted by atomic mass is 35.5. The van der Waals surface area contributed by atoms with Gasteiger partial charge in [-0.2, -0.15) is 5.26 Å². The zero-order chi connectivity index (χ0) is 25.1. The number of para-hydroxylation sites is 2. The largest absolute Gasteiger partial charge is 0.321 e. The summed E-state index contributed by atoms with van der Waals surface area (Å²) >= 11 is 13.4. The SMILES string of the molecule is Cc1cccc(C)c1NC(=O)/C(C#N)=C1\SC(Cc2ccc(Cl)c(Cl)c2)C(=O)N1c1ccccc1. The Morgan fingerprint density at radius 3 is 2.34 bits per heavy atom. The van der Waals surface area contributed by atoms with Crippen LogP contribution >= 0.6 is 35.0 Å². The van der Waals surface area contributed by atoms with Gasteiger partial charge in [0.25, 0.3) is 5.91 Å². The lowest BCUT2D eigenvalue weighted by Crippen LogP contribution is -2.31. The number of aryl methyl sites for hydroxylation is 2. The van der Waals surface area contributed by atoms with Crippen LogP contribution in [-0.2, 0) is 16.0 Å². The molecule has 0 saturated carbocycles. The Morgan fingerprint density at radius 1 is 1.03 bits per heavy atom. The Morgan fingerprint density at radius 2 is 1.71 bits per heavy atom. The lowest BCUT2D eigenvalue weighted by Gasteiger charge is -2.19. The van der Waals surface area contributed by atoms with Gasteiger partial charge in [-0.1, -0.05) is 77.4 Å². The maximum Gasteiger partial charge on any atom is 0.269 e. The zero-order valence-corrected chi connectivity index (χ0v) is 21.3. The van der Waals surface area contributed by atoms with Gasteiger partial charge in [0.05, 0.1) is 15.3 Å². The number of carbonyl (C=O) groups excluding carboxylic acids is 2. The molecule has 0 radical (unpaired) electrons. The second kappa shape index (κ2) is 10.6. The molecule has 0 bridgehead atoms. The first kappa shape index (κ1) is 24.9. The van der Waals surface area contributed by atoms with E-state index in [1.54, 1.807) is 36.4 Å². The molecule has 0 aromatic heterocycles. The molecule has 0 aliphatic carbocycles. The summed E-state index contributed by atoms with van der Waals surface area (Å²) in [4.78, 5) is 28.3. The number of nitriles is 1. The van der Waals surface area contributed by atoms with Crippen molar-refractivity contribution in [3.63, 3.8) is 0 Å². The molecule has 5 nitrogen and oxygen atoms in total. The topological polar surface area (TPSA) is 73.2 Å². The molecule has 3 aromatic rings. The Labute approximate surface area is 218 Å². The van der Waals surface area contributed by atoms with Crippen molar-refractivity contribution in [3.05, 3.63) is 104 Å². The molecular weight excluding hydrogens is 501 g/mol. The first-order valence-electron chi connectivity index (χ1n) is 10.8. The van der Waals surface area contributed by atoms with Gasteiger partial charge in [0, 0.05) is 11.4 Å². The quantitative estimate of drug-likeness (QED) is 0.300. The number of hydrogen-bond acceptors (Lipinski definition) is 4. The summed E-state index contributed by atoms with van der Waals surface area (Å²) in [6, 6.07) is 22.0. The highest BCUT2D eigenvalue weighted by Crippen LogP contribution is 2.42. The number of nitrogens with zero attached hydrogens (tertiary/aromatic N) is 2. The fraction of sp³-hybridized carbons (Fsp3) is 0.148. The highest BCUT2D eigenvalue weighted by Gasteiger charge is 2.40. The Bertz CT molecular complexity index is 1360. The van der Waals surface area contributed by atoms with Crippen molar-refractivity contribution in [2.45, 2.75) is 25.5 Å². The first-order valence-corrected chi connectivity index (χ1v) is 12.4. The third kappa shape index (κ3) is 5.23. The minimum Gasteiger partial charge on any atom is -0.321 e. The minimum atomic E-state index is -0.559. The van der Waals surface area contributed by atoms with Crippen LogP contribution in [0.15, 0.2) is 77.3 Å². The van der Waals surface area contributed by atoms with E-state index in [9.17, 15) is 14.9 Å². The van der Waals surface area contributed by atoms with E-state index in [1.807, 2.05) is 50.2 Å². The molecule has 176 valence electrons. The normalized spacial score (nSPS) is 16.7. The number of thioether (sulfide) groups is 1. The van der Waals surface area contributed by atoms with Crippen LogP contribution in [0.5, 0.6) is 0 Å². The number of hydrogen-bond donors (Lipinski definition) is 1. The molecule has 0 spiro atoms. The standard InChI is InChI=1S/C27H21Cl2N3O2S/c1-16-7-6-8-17(2)24(16)31-25(33)20(15-30)27-32(19-9-4-3-5-10-19)26(34)23(35-27)14-18-11-12-21(28)22(29)13-18/h3-13,23H,14H2,1-2H3,(H,31,33)/b27-20-. The molecule has 1 unspecified atom stereocenters. The van der Waals surface area contributed by atoms with E-state index < -0.39 is 11.2 Å². The van der Waals surface area contributed by atoms with Crippen LogP contribution in [0.4, 0.5) is 11.4 Å². The maximum atomic E-state index is 13.6. The number of benzene rings is 3. The van der Waals surface area contributed by atoms with Gasteiger partial charge in [-0.25, -0.2) is 0 Å². The number of rotatable bonds is 5. The second-order valence-corrected chi connectivity index (χ2v) is 10.1. The summed E-state index contributed by atoms with van der Waals surface area (Å²) in [7, 11) is 0. The summed E-state index contributed by atoms with van der Waals surface area (Å²) in [6.45, 7) is 3.78.